The van der Waals surface area contributed by atoms with Crippen LogP contribution < -0.4 is 9.47 Å². The van der Waals surface area contributed by atoms with Crippen molar-refractivity contribution in [2.75, 3.05) is 13.2 Å². The minimum absolute atomic E-state index is 0.409. The van der Waals surface area contributed by atoms with Gasteiger partial charge in [0.05, 0.1) is 0 Å². The monoisotopic (exact) mass is 292 g/mol. The highest BCUT2D eigenvalue weighted by molar-refractivity contribution is 6.30. The van der Waals surface area contributed by atoms with Gasteiger partial charge < -0.3 is 9.47 Å². The maximum atomic E-state index is 6.04. The van der Waals surface area contributed by atoms with Crippen LogP contribution in [0.25, 0.3) is 0 Å². The molecule has 0 fully saturated rings. The maximum Gasteiger partial charge on any atom is 0.221 e. The van der Waals surface area contributed by atoms with Crippen LogP contribution in [0.4, 0.5) is 0 Å². The zero-order valence-corrected chi connectivity index (χ0v) is 12.4. The second-order valence-electron chi connectivity index (χ2n) is 4.22. The van der Waals surface area contributed by atoms with Crippen LogP contribution in [0.5, 0.6) is 11.6 Å². The number of rotatable bonds is 6. The van der Waals surface area contributed by atoms with Crippen LogP contribution in [-0.2, 0) is 6.42 Å². The van der Waals surface area contributed by atoms with Crippen molar-refractivity contribution < 1.29 is 9.47 Å². The van der Waals surface area contributed by atoms with E-state index in [1.807, 2.05) is 44.2 Å². The molecule has 2 rings (SSSR count). The first kappa shape index (κ1) is 14.6. The van der Waals surface area contributed by atoms with Crippen LogP contribution in [0, 0.1) is 6.92 Å². The summed E-state index contributed by atoms with van der Waals surface area (Å²) in [6.45, 7) is 4.68. The van der Waals surface area contributed by atoms with Crippen molar-refractivity contribution in [3.8, 4) is 11.6 Å². The van der Waals surface area contributed by atoms with Gasteiger partial charge in [0.25, 0.3) is 0 Å². The predicted molar refractivity (Wildman–Crippen MR) is 78.6 cm³/mol. The molecule has 5 heteroatoms. The normalized spacial score (nSPS) is 10.3. The van der Waals surface area contributed by atoms with E-state index in [-0.39, 0.29) is 0 Å². The summed E-state index contributed by atoms with van der Waals surface area (Å²) >= 11 is 6.04. The second kappa shape index (κ2) is 7.10. The molecule has 0 bridgehead atoms. The highest BCUT2D eigenvalue weighted by Crippen LogP contribution is 2.22. The van der Waals surface area contributed by atoms with Crippen LogP contribution in [-0.4, -0.2) is 23.2 Å². The lowest BCUT2D eigenvalue weighted by Gasteiger charge is -2.11. The number of aromatic nitrogens is 2. The molecule has 0 amide bonds. The summed E-state index contributed by atoms with van der Waals surface area (Å²) in [6, 6.07) is 9.61. The fourth-order valence-corrected chi connectivity index (χ4v) is 1.80. The van der Waals surface area contributed by atoms with E-state index in [0.29, 0.717) is 30.1 Å². The van der Waals surface area contributed by atoms with Crippen LogP contribution in [0.1, 0.15) is 18.3 Å². The zero-order chi connectivity index (χ0) is 14.4. The highest BCUT2D eigenvalue weighted by Gasteiger charge is 2.09. The smallest absolute Gasteiger partial charge is 0.221 e. The molecule has 0 N–H and O–H groups in total. The quantitative estimate of drug-likeness (QED) is 0.604. The molecule has 0 aliphatic carbocycles. The highest BCUT2D eigenvalue weighted by atomic mass is 35.5. The second-order valence-corrected chi connectivity index (χ2v) is 4.58. The number of para-hydroxylation sites is 1. The van der Waals surface area contributed by atoms with E-state index in [9.17, 15) is 0 Å². The van der Waals surface area contributed by atoms with Crippen LogP contribution in [0.2, 0.25) is 5.15 Å². The molecule has 1 aromatic heterocycles. The topological polar surface area (TPSA) is 44.2 Å². The summed E-state index contributed by atoms with van der Waals surface area (Å²) in [4.78, 5) is 8.49. The van der Waals surface area contributed by atoms with Gasteiger partial charge in [-0.15, -0.1) is 0 Å². The zero-order valence-electron chi connectivity index (χ0n) is 11.6. The molecular weight excluding hydrogens is 276 g/mol. The van der Waals surface area contributed by atoms with Gasteiger partial charge in [0.1, 0.15) is 29.9 Å². The first-order chi connectivity index (χ1) is 9.70. The van der Waals surface area contributed by atoms with Gasteiger partial charge in [-0.25, -0.2) is 4.98 Å². The van der Waals surface area contributed by atoms with Crippen LogP contribution >= 0.6 is 11.6 Å². The Morgan fingerprint density at radius 2 is 1.75 bits per heavy atom. The molecule has 0 atom stereocenters. The summed E-state index contributed by atoms with van der Waals surface area (Å²) in [7, 11) is 0. The van der Waals surface area contributed by atoms with Crippen molar-refractivity contribution in [3.05, 3.63) is 46.9 Å². The summed E-state index contributed by atoms with van der Waals surface area (Å²) in [6.07, 6.45) is 0.719. The Hall–Kier alpha value is -1.81. The van der Waals surface area contributed by atoms with Gasteiger partial charge in [0.15, 0.2) is 0 Å². The fraction of sp³-hybridized carbons (Fsp3) is 0.333. The summed E-state index contributed by atoms with van der Waals surface area (Å²) in [5.74, 6) is 2.03. The number of ether oxygens (including phenoxy) is 2. The Morgan fingerprint density at radius 1 is 1.05 bits per heavy atom. The van der Waals surface area contributed by atoms with E-state index in [2.05, 4.69) is 9.97 Å². The predicted octanol–water partition coefficient (Wildman–Crippen LogP) is 3.46. The van der Waals surface area contributed by atoms with Crippen molar-refractivity contribution >= 4 is 11.6 Å². The number of benzene rings is 1. The molecule has 2 aromatic rings. The Balaban J connectivity index is 1.89. The average Bonchev–Trinajstić information content (AvgIpc) is 2.48. The summed E-state index contributed by atoms with van der Waals surface area (Å²) in [5.41, 5.74) is 0.753. The van der Waals surface area contributed by atoms with Gasteiger partial charge >= 0.3 is 0 Å². The van der Waals surface area contributed by atoms with Crippen LogP contribution in [0.3, 0.4) is 0 Å². The molecule has 0 unspecified atom stereocenters. The molecule has 0 radical (unpaired) electrons. The van der Waals surface area contributed by atoms with Gasteiger partial charge in [0.2, 0.25) is 5.88 Å². The van der Waals surface area contributed by atoms with Crippen molar-refractivity contribution in [1.29, 1.82) is 0 Å². The van der Waals surface area contributed by atoms with Gasteiger partial charge in [-0.1, -0.05) is 36.7 Å². The third-order valence-electron chi connectivity index (χ3n) is 2.74. The Bertz CT molecular complexity index is 561. The van der Waals surface area contributed by atoms with E-state index >= 15 is 0 Å². The summed E-state index contributed by atoms with van der Waals surface area (Å²) < 4.78 is 11.2. The molecule has 106 valence electrons. The summed E-state index contributed by atoms with van der Waals surface area (Å²) in [5, 5.41) is 0.441. The minimum Gasteiger partial charge on any atom is -0.490 e. The van der Waals surface area contributed by atoms with E-state index in [1.54, 1.807) is 0 Å². The largest absolute Gasteiger partial charge is 0.490 e. The number of aryl methyl sites for hydroxylation is 1. The van der Waals surface area contributed by atoms with Gasteiger partial charge in [-0.05, 0) is 19.1 Å². The molecule has 1 aromatic carbocycles. The number of hydrogen-bond acceptors (Lipinski definition) is 4. The van der Waals surface area contributed by atoms with Gasteiger partial charge in [-0.3, -0.25) is 0 Å². The lowest BCUT2D eigenvalue weighted by atomic mass is 10.3. The number of halogens is 1. The Kier molecular flexibility index (Phi) is 5.18. The van der Waals surface area contributed by atoms with Crippen molar-refractivity contribution in [2.24, 2.45) is 0 Å². The maximum absolute atomic E-state index is 6.04. The van der Waals surface area contributed by atoms with Crippen molar-refractivity contribution in [1.82, 2.24) is 9.97 Å². The Morgan fingerprint density at radius 3 is 2.45 bits per heavy atom. The molecular formula is C15H17ClN2O2. The lowest BCUT2D eigenvalue weighted by Crippen LogP contribution is -2.11. The van der Waals surface area contributed by atoms with Crippen LogP contribution in [0.15, 0.2) is 30.3 Å². The minimum atomic E-state index is 0.409. The molecule has 0 saturated carbocycles. The Labute approximate surface area is 123 Å². The molecule has 1 heterocycles. The van der Waals surface area contributed by atoms with Crippen molar-refractivity contribution in [3.63, 3.8) is 0 Å². The molecule has 0 spiro atoms. The third-order valence-corrected chi connectivity index (χ3v) is 3.11. The third kappa shape index (κ3) is 3.84. The average molecular weight is 293 g/mol. The molecule has 4 nitrogen and oxygen atoms in total. The molecule has 20 heavy (non-hydrogen) atoms. The number of nitrogens with zero attached hydrogens (tertiary/aromatic N) is 2. The first-order valence-electron chi connectivity index (χ1n) is 6.54. The first-order valence-corrected chi connectivity index (χ1v) is 6.92. The SMILES string of the molecule is CCc1nc(Cl)c(C)c(OCCOc2ccccc2)n1. The molecule has 0 aliphatic heterocycles. The van der Waals surface area contributed by atoms with E-state index in [0.717, 1.165) is 17.7 Å². The number of hydrogen-bond donors (Lipinski definition) is 0. The molecule has 0 aliphatic rings. The fourth-order valence-electron chi connectivity index (χ4n) is 1.62. The van der Waals surface area contributed by atoms with Gasteiger partial charge in [-0.2, -0.15) is 4.98 Å². The van der Waals surface area contributed by atoms with Gasteiger partial charge in [0, 0.05) is 12.0 Å². The molecule has 0 saturated heterocycles. The van der Waals surface area contributed by atoms with E-state index < -0.39 is 0 Å². The van der Waals surface area contributed by atoms with E-state index in [4.69, 9.17) is 21.1 Å². The van der Waals surface area contributed by atoms with E-state index in [1.165, 1.54) is 0 Å². The lowest BCUT2D eigenvalue weighted by molar-refractivity contribution is 0.210. The van der Waals surface area contributed by atoms with Crippen molar-refractivity contribution in [2.45, 2.75) is 20.3 Å². The standard InChI is InChI=1S/C15H17ClN2O2/c1-3-13-17-14(16)11(2)15(18-13)20-10-9-19-12-7-5-4-6-8-12/h4-8H,3,9-10H2,1-2H3.